The van der Waals surface area contributed by atoms with Crippen molar-refractivity contribution in [2.45, 2.75) is 24.4 Å². The molecule has 1 N–H and O–H groups in total. The smallest absolute Gasteiger partial charge is 0.428 e. The summed E-state index contributed by atoms with van der Waals surface area (Å²) >= 11 is 0. The van der Waals surface area contributed by atoms with Gasteiger partial charge in [0.25, 0.3) is 6.17 Å². The molecule has 9 heteroatoms. The van der Waals surface area contributed by atoms with Crippen molar-refractivity contribution in [3.05, 3.63) is 96.1 Å². The lowest BCUT2D eigenvalue weighted by Gasteiger charge is -2.25. The first-order valence-corrected chi connectivity index (χ1v) is 9.37. The number of halogens is 6. The summed E-state index contributed by atoms with van der Waals surface area (Å²) in [4.78, 5) is 13.1. The second-order valence-electron chi connectivity index (χ2n) is 6.81. The molecule has 1 amide bonds. The van der Waals surface area contributed by atoms with Gasteiger partial charge in [-0.25, -0.2) is 4.39 Å². The van der Waals surface area contributed by atoms with Crippen LogP contribution < -0.4 is 10.1 Å². The fourth-order valence-corrected chi connectivity index (χ4v) is 3.04. The molecule has 0 aliphatic heterocycles. The Kier molecular flexibility index (Phi) is 6.76. The highest BCUT2D eigenvalue weighted by atomic mass is 19.4. The molecule has 3 nitrogen and oxygen atoms in total. The number of anilines is 1. The molecule has 0 saturated carbocycles. The summed E-state index contributed by atoms with van der Waals surface area (Å²) < 4.78 is 82.2. The van der Waals surface area contributed by atoms with E-state index in [-0.39, 0.29) is 5.69 Å². The van der Waals surface area contributed by atoms with Crippen molar-refractivity contribution in [1.82, 2.24) is 0 Å². The van der Waals surface area contributed by atoms with Crippen LogP contribution in [0.2, 0.25) is 0 Å². The Morgan fingerprint density at radius 1 is 0.750 bits per heavy atom. The number of carbonyl (C=O) groups is 1. The summed E-state index contributed by atoms with van der Waals surface area (Å²) in [6, 6.07) is 21.8. The van der Waals surface area contributed by atoms with E-state index in [1.807, 2.05) is 0 Å². The maximum Gasteiger partial charge on any atom is 0.439 e. The van der Waals surface area contributed by atoms with E-state index < -0.39 is 36.0 Å². The standard InChI is InChI=1S/C23H17F6NO2/c24-21(22(25,26)27)23(28,29)32-18-14-8-7-13-17(18)30-20(31)19(15-9-3-1-4-10-15)16-11-5-2-6-12-16/h1-14,19,21H,(H,30,31). The molecule has 0 heterocycles. The van der Waals surface area contributed by atoms with Crippen LogP contribution in [0.3, 0.4) is 0 Å². The van der Waals surface area contributed by atoms with Gasteiger partial charge in [0.15, 0.2) is 0 Å². The van der Waals surface area contributed by atoms with E-state index >= 15 is 0 Å². The number of ether oxygens (including phenoxy) is 1. The maximum atomic E-state index is 13.8. The fraction of sp³-hybridized carbons (Fsp3) is 0.174. The van der Waals surface area contributed by atoms with E-state index in [0.717, 1.165) is 12.1 Å². The quantitative estimate of drug-likeness (QED) is 0.425. The normalized spacial score (nSPS) is 13.0. The predicted octanol–water partition coefficient (Wildman–Crippen LogP) is 6.33. The molecule has 0 aliphatic rings. The molecule has 0 aliphatic carbocycles. The molecule has 0 fully saturated rings. The first kappa shape index (κ1) is 23.2. The molecule has 0 bridgehead atoms. The zero-order valence-corrected chi connectivity index (χ0v) is 16.3. The maximum absolute atomic E-state index is 13.8. The van der Waals surface area contributed by atoms with Gasteiger partial charge in [0, 0.05) is 0 Å². The summed E-state index contributed by atoms with van der Waals surface area (Å²) in [5.74, 6) is -2.30. The van der Waals surface area contributed by atoms with E-state index in [4.69, 9.17) is 0 Å². The van der Waals surface area contributed by atoms with E-state index in [1.165, 1.54) is 12.1 Å². The van der Waals surface area contributed by atoms with E-state index in [1.54, 1.807) is 60.7 Å². The van der Waals surface area contributed by atoms with Gasteiger partial charge in [0.05, 0.1) is 11.6 Å². The van der Waals surface area contributed by atoms with Gasteiger partial charge in [-0.2, -0.15) is 22.0 Å². The largest absolute Gasteiger partial charge is 0.439 e. The third kappa shape index (κ3) is 5.40. The molecule has 0 spiro atoms. The average molecular weight is 453 g/mol. The minimum absolute atomic E-state index is 0.330. The Bertz CT molecular complexity index is 1000. The van der Waals surface area contributed by atoms with E-state index in [2.05, 4.69) is 10.1 Å². The van der Waals surface area contributed by atoms with Gasteiger partial charge >= 0.3 is 12.3 Å². The van der Waals surface area contributed by atoms with Gasteiger partial charge in [-0.05, 0) is 23.3 Å². The van der Waals surface area contributed by atoms with Crippen molar-refractivity contribution in [3.63, 3.8) is 0 Å². The van der Waals surface area contributed by atoms with Crippen LogP contribution in [0.5, 0.6) is 5.75 Å². The van der Waals surface area contributed by atoms with Crippen LogP contribution in [0.4, 0.5) is 32.0 Å². The Balaban J connectivity index is 1.90. The van der Waals surface area contributed by atoms with Crippen LogP contribution in [0.15, 0.2) is 84.9 Å². The summed E-state index contributed by atoms with van der Waals surface area (Å²) in [6.45, 7) is 0. The molecule has 32 heavy (non-hydrogen) atoms. The van der Waals surface area contributed by atoms with Gasteiger partial charge in [-0.3, -0.25) is 4.79 Å². The molecule has 3 aromatic rings. The van der Waals surface area contributed by atoms with Crippen molar-refractivity contribution in [1.29, 1.82) is 0 Å². The lowest BCUT2D eigenvalue weighted by Crippen LogP contribution is -2.45. The topological polar surface area (TPSA) is 38.3 Å². The van der Waals surface area contributed by atoms with Crippen LogP contribution in [0, 0.1) is 0 Å². The number of para-hydroxylation sites is 2. The van der Waals surface area contributed by atoms with E-state index in [9.17, 15) is 31.1 Å². The van der Waals surface area contributed by atoms with Crippen LogP contribution in [-0.2, 0) is 4.79 Å². The van der Waals surface area contributed by atoms with Crippen LogP contribution in [0.1, 0.15) is 17.0 Å². The molecule has 3 aromatic carbocycles. The number of amides is 1. The van der Waals surface area contributed by atoms with Crippen LogP contribution in [-0.4, -0.2) is 24.4 Å². The third-order valence-electron chi connectivity index (χ3n) is 4.50. The highest BCUT2D eigenvalue weighted by Crippen LogP contribution is 2.39. The summed E-state index contributed by atoms with van der Waals surface area (Å²) in [5, 5.41) is 2.41. The van der Waals surface area contributed by atoms with Crippen LogP contribution in [0.25, 0.3) is 0 Å². The molecular weight excluding hydrogens is 436 g/mol. The average Bonchev–Trinajstić information content (AvgIpc) is 2.75. The van der Waals surface area contributed by atoms with Crippen molar-refractivity contribution in [2.24, 2.45) is 0 Å². The molecular formula is C23H17F6NO2. The third-order valence-corrected chi connectivity index (χ3v) is 4.50. The highest BCUT2D eigenvalue weighted by molar-refractivity contribution is 5.99. The molecule has 0 aromatic heterocycles. The lowest BCUT2D eigenvalue weighted by atomic mass is 9.90. The predicted molar refractivity (Wildman–Crippen MR) is 106 cm³/mol. The number of hydrogen-bond acceptors (Lipinski definition) is 2. The van der Waals surface area contributed by atoms with Gasteiger partial charge in [-0.1, -0.05) is 72.8 Å². The molecule has 3 rings (SSSR count). The van der Waals surface area contributed by atoms with Gasteiger partial charge in [0.1, 0.15) is 5.75 Å². The SMILES string of the molecule is O=C(Nc1ccccc1OC(F)(F)C(F)C(F)(F)F)C(c1ccccc1)c1ccccc1. The fourth-order valence-electron chi connectivity index (χ4n) is 3.04. The zero-order chi connectivity index (χ0) is 23.4. The minimum atomic E-state index is -5.83. The first-order valence-electron chi connectivity index (χ1n) is 9.37. The Morgan fingerprint density at radius 2 is 1.22 bits per heavy atom. The number of nitrogens with one attached hydrogen (secondary N) is 1. The molecule has 0 saturated heterocycles. The zero-order valence-electron chi connectivity index (χ0n) is 16.3. The Morgan fingerprint density at radius 3 is 1.72 bits per heavy atom. The van der Waals surface area contributed by atoms with E-state index in [0.29, 0.717) is 11.1 Å². The Hall–Kier alpha value is -3.49. The number of alkyl halides is 6. The van der Waals surface area contributed by atoms with Crippen molar-refractivity contribution in [3.8, 4) is 5.75 Å². The molecule has 168 valence electrons. The highest BCUT2D eigenvalue weighted by Gasteiger charge is 2.59. The van der Waals surface area contributed by atoms with Crippen LogP contribution >= 0.6 is 0 Å². The van der Waals surface area contributed by atoms with Gasteiger partial charge < -0.3 is 10.1 Å². The summed E-state index contributed by atoms with van der Waals surface area (Å²) in [7, 11) is 0. The van der Waals surface area contributed by atoms with Gasteiger partial charge in [0.2, 0.25) is 5.91 Å². The number of rotatable bonds is 7. The van der Waals surface area contributed by atoms with Crippen molar-refractivity contribution in [2.75, 3.05) is 5.32 Å². The van der Waals surface area contributed by atoms with Crippen molar-refractivity contribution >= 4 is 11.6 Å². The molecule has 1 unspecified atom stereocenters. The monoisotopic (exact) mass is 453 g/mol. The number of hydrogen-bond donors (Lipinski definition) is 1. The molecule has 0 radical (unpaired) electrons. The second kappa shape index (κ2) is 9.33. The number of benzene rings is 3. The minimum Gasteiger partial charge on any atom is -0.428 e. The van der Waals surface area contributed by atoms with Gasteiger partial charge in [-0.15, -0.1) is 0 Å². The molecule has 1 atom stereocenters. The first-order chi connectivity index (χ1) is 15.1. The lowest BCUT2D eigenvalue weighted by molar-refractivity contribution is -0.304. The second-order valence-corrected chi connectivity index (χ2v) is 6.81. The summed E-state index contributed by atoms with van der Waals surface area (Å²) in [6.07, 6.45) is -15.6. The van der Waals surface area contributed by atoms with Crippen molar-refractivity contribution < 1.29 is 35.9 Å². The number of carbonyl (C=O) groups excluding carboxylic acids is 1. The summed E-state index contributed by atoms with van der Waals surface area (Å²) in [5.41, 5.74) is 0.866. The Labute approximate surface area is 179 Å².